The van der Waals surface area contributed by atoms with Gasteiger partial charge in [0.15, 0.2) is 0 Å². The molecule has 0 saturated heterocycles. The van der Waals surface area contributed by atoms with E-state index in [0.717, 1.165) is 17.3 Å². The summed E-state index contributed by atoms with van der Waals surface area (Å²) >= 11 is 0. The summed E-state index contributed by atoms with van der Waals surface area (Å²) in [6, 6.07) is 12.6. The Kier molecular flexibility index (Phi) is 4.95. The SMILES string of the molecule is CN(C)c1cc(NC2CCCCC2)nc(Nc2ccccc2)n1. The van der Waals surface area contributed by atoms with Crippen molar-refractivity contribution in [1.82, 2.24) is 9.97 Å². The van der Waals surface area contributed by atoms with Gasteiger partial charge in [0.1, 0.15) is 11.6 Å². The highest BCUT2D eigenvalue weighted by Gasteiger charge is 2.15. The van der Waals surface area contributed by atoms with Crippen molar-refractivity contribution in [3.8, 4) is 0 Å². The van der Waals surface area contributed by atoms with E-state index >= 15 is 0 Å². The van der Waals surface area contributed by atoms with E-state index in [1.54, 1.807) is 0 Å². The molecule has 0 unspecified atom stereocenters. The average Bonchev–Trinajstić information content (AvgIpc) is 2.56. The molecule has 5 heteroatoms. The first-order chi connectivity index (χ1) is 11.2. The molecular formula is C18H25N5. The fourth-order valence-electron chi connectivity index (χ4n) is 2.90. The van der Waals surface area contributed by atoms with Crippen molar-refractivity contribution >= 4 is 23.3 Å². The standard InChI is InChI=1S/C18H25N5/c1-23(2)17-13-16(19-14-9-5-3-6-10-14)21-18(22-17)20-15-11-7-4-8-12-15/h4,7-8,11-14H,3,5-6,9-10H2,1-2H3,(H2,19,20,21,22). The second kappa shape index (κ2) is 7.31. The van der Waals surface area contributed by atoms with Gasteiger partial charge in [-0.1, -0.05) is 37.5 Å². The quantitative estimate of drug-likeness (QED) is 0.873. The number of hydrogen-bond donors (Lipinski definition) is 2. The molecule has 0 aliphatic heterocycles. The van der Waals surface area contributed by atoms with Gasteiger partial charge < -0.3 is 15.5 Å². The fraction of sp³-hybridized carbons (Fsp3) is 0.444. The number of hydrogen-bond acceptors (Lipinski definition) is 5. The maximum absolute atomic E-state index is 4.65. The van der Waals surface area contributed by atoms with E-state index in [-0.39, 0.29) is 0 Å². The van der Waals surface area contributed by atoms with Crippen molar-refractivity contribution in [2.24, 2.45) is 0 Å². The summed E-state index contributed by atoms with van der Waals surface area (Å²) in [5, 5.41) is 6.87. The highest BCUT2D eigenvalue weighted by Crippen LogP contribution is 2.24. The zero-order valence-corrected chi connectivity index (χ0v) is 13.9. The molecule has 2 aromatic rings. The first-order valence-electron chi connectivity index (χ1n) is 8.36. The third-order valence-electron chi connectivity index (χ3n) is 4.16. The summed E-state index contributed by atoms with van der Waals surface area (Å²) in [4.78, 5) is 11.2. The lowest BCUT2D eigenvalue weighted by atomic mass is 9.95. The van der Waals surface area contributed by atoms with E-state index in [0.29, 0.717) is 12.0 Å². The van der Waals surface area contributed by atoms with Crippen LogP contribution in [0.15, 0.2) is 36.4 Å². The first kappa shape index (κ1) is 15.6. The number of anilines is 4. The van der Waals surface area contributed by atoms with Crippen LogP contribution in [0.3, 0.4) is 0 Å². The predicted octanol–water partition coefficient (Wildman–Crippen LogP) is 4.03. The predicted molar refractivity (Wildman–Crippen MR) is 96.6 cm³/mol. The average molecular weight is 311 g/mol. The number of benzene rings is 1. The Morgan fingerprint density at radius 3 is 2.43 bits per heavy atom. The van der Waals surface area contributed by atoms with Gasteiger partial charge in [-0.05, 0) is 25.0 Å². The van der Waals surface area contributed by atoms with E-state index in [2.05, 4.69) is 20.6 Å². The molecule has 1 aliphatic carbocycles. The van der Waals surface area contributed by atoms with E-state index in [1.807, 2.05) is 55.4 Å². The Morgan fingerprint density at radius 2 is 1.74 bits per heavy atom. The topological polar surface area (TPSA) is 53.1 Å². The van der Waals surface area contributed by atoms with Crippen molar-refractivity contribution in [2.75, 3.05) is 29.6 Å². The van der Waals surface area contributed by atoms with Crippen LogP contribution in [0.4, 0.5) is 23.3 Å². The second-order valence-corrected chi connectivity index (χ2v) is 6.30. The molecule has 3 rings (SSSR count). The summed E-state index contributed by atoms with van der Waals surface area (Å²) in [6.07, 6.45) is 6.41. The maximum atomic E-state index is 4.65. The van der Waals surface area contributed by atoms with E-state index in [4.69, 9.17) is 0 Å². The zero-order valence-electron chi connectivity index (χ0n) is 13.9. The second-order valence-electron chi connectivity index (χ2n) is 6.30. The van der Waals surface area contributed by atoms with Crippen molar-refractivity contribution in [3.63, 3.8) is 0 Å². The van der Waals surface area contributed by atoms with Crippen LogP contribution in [0.5, 0.6) is 0 Å². The normalized spacial score (nSPS) is 15.2. The van der Waals surface area contributed by atoms with Crippen LogP contribution in [-0.2, 0) is 0 Å². The van der Waals surface area contributed by atoms with Crippen LogP contribution in [0.25, 0.3) is 0 Å². The van der Waals surface area contributed by atoms with Crippen LogP contribution in [0, 0.1) is 0 Å². The Balaban J connectivity index is 1.80. The lowest BCUT2D eigenvalue weighted by molar-refractivity contribution is 0.462. The summed E-state index contributed by atoms with van der Waals surface area (Å²) in [7, 11) is 4.00. The van der Waals surface area contributed by atoms with E-state index in [9.17, 15) is 0 Å². The Morgan fingerprint density at radius 1 is 1.00 bits per heavy atom. The molecule has 0 radical (unpaired) electrons. The molecule has 1 aromatic heterocycles. The van der Waals surface area contributed by atoms with Gasteiger partial charge in [-0.15, -0.1) is 0 Å². The number of nitrogens with one attached hydrogen (secondary N) is 2. The van der Waals surface area contributed by atoms with Gasteiger partial charge in [0, 0.05) is 31.9 Å². The highest BCUT2D eigenvalue weighted by molar-refractivity contribution is 5.59. The van der Waals surface area contributed by atoms with Gasteiger partial charge in [-0.3, -0.25) is 0 Å². The van der Waals surface area contributed by atoms with Crippen LogP contribution < -0.4 is 15.5 Å². The first-order valence-corrected chi connectivity index (χ1v) is 8.36. The van der Waals surface area contributed by atoms with Crippen molar-refractivity contribution in [2.45, 2.75) is 38.1 Å². The largest absolute Gasteiger partial charge is 0.367 e. The Bertz CT molecular complexity index is 621. The van der Waals surface area contributed by atoms with E-state index in [1.165, 1.54) is 32.1 Å². The van der Waals surface area contributed by atoms with Crippen LogP contribution in [0.2, 0.25) is 0 Å². The maximum Gasteiger partial charge on any atom is 0.231 e. The fourth-order valence-corrected chi connectivity index (χ4v) is 2.90. The number of nitrogens with zero attached hydrogens (tertiary/aromatic N) is 3. The summed E-state index contributed by atoms with van der Waals surface area (Å²) in [5.41, 5.74) is 0.993. The van der Waals surface area contributed by atoms with Gasteiger partial charge >= 0.3 is 0 Å². The summed E-state index contributed by atoms with van der Waals surface area (Å²) < 4.78 is 0. The summed E-state index contributed by atoms with van der Waals surface area (Å²) in [5.74, 6) is 2.42. The lowest BCUT2D eigenvalue weighted by Gasteiger charge is -2.24. The minimum atomic E-state index is 0.526. The van der Waals surface area contributed by atoms with Crippen molar-refractivity contribution in [1.29, 1.82) is 0 Å². The third kappa shape index (κ3) is 4.34. The Hall–Kier alpha value is -2.30. The molecule has 1 heterocycles. The molecule has 1 fully saturated rings. The molecule has 0 bridgehead atoms. The molecule has 0 spiro atoms. The van der Waals surface area contributed by atoms with Gasteiger partial charge in [0.05, 0.1) is 0 Å². The smallest absolute Gasteiger partial charge is 0.231 e. The monoisotopic (exact) mass is 311 g/mol. The van der Waals surface area contributed by atoms with Crippen molar-refractivity contribution in [3.05, 3.63) is 36.4 Å². The minimum Gasteiger partial charge on any atom is -0.367 e. The summed E-state index contributed by atoms with van der Waals surface area (Å²) in [6.45, 7) is 0. The molecule has 0 atom stereocenters. The van der Waals surface area contributed by atoms with Crippen LogP contribution in [0.1, 0.15) is 32.1 Å². The molecule has 1 aliphatic rings. The number of para-hydroxylation sites is 1. The van der Waals surface area contributed by atoms with Gasteiger partial charge in [-0.2, -0.15) is 9.97 Å². The Labute approximate surface area is 138 Å². The number of aromatic nitrogens is 2. The molecule has 1 saturated carbocycles. The van der Waals surface area contributed by atoms with Crippen LogP contribution in [-0.4, -0.2) is 30.1 Å². The molecular weight excluding hydrogens is 286 g/mol. The molecule has 0 amide bonds. The van der Waals surface area contributed by atoms with Crippen molar-refractivity contribution < 1.29 is 0 Å². The third-order valence-corrected chi connectivity index (χ3v) is 4.16. The number of rotatable bonds is 5. The van der Waals surface area contributed by atoms with E-state index < -0.39 is 0 Å². The lowest BCUT2D eigenvalue weighted by Crippen LogP contribution is -2.23. The highest BCUT2D eigenvalue weighted by atomic mass is 15.2. The van der Waals surface area contributed by atoms with Gasteiger partial charge in [-0.25, -0.2) is 0 Å². The molecule has 122 valence electrons. The van der Waals surface area contributed by atoms with Gasteiger partial charge in [0.25, 0.3) is 0 Å². The van der Waals surface area contributed by atoms with Crippen LogP contribution >= 0.6 is 0 Å². The minimum absolute atomic E-state index is 0.526. The molecule has 23 heavy (non-hydrogen) atoms. The van der Waals surface area contributed by atoms with Gasteiger partial charge in [0.2, 0.25) is 5.95 Å². The molecule has 2 N–H and O–H groups in total. The zero-order chi connectivity index (χ0) is 16.1. The molecule has 5 nitrogen and oxygen atoms in total. The molecule has 1 aromatic carbocycles.